The molecule has 0 aliphatic heterocycles. The van der Waals surface area contributed by atoms with Crippen molar-refractivity contribution in [2.24, 2.45) is 0 Å². The van der Waals surface area contributed by atoms with E-state index in [0.717, 1.165) is 28.0 Å². The van der Waals surface area contributed by atoms with Crippen LogP contribution >= 0.6 is 23.2 Å². The average Bonchev–Trinajstić information content (AvgIpc) is 2.39. The van der Waals surface area contributed by atoms with E-state index >= 15 is 0 Å². The lowest BCUT2D eigenvalue weighted by Gasteiger charge is -2.14. The highest BCUT2D eigenvalue weighted by Crippen LogP contribution is 2.37. The van der Waals surface area contributed by atoms with Crippen molar-refractivity contribution in [1.29, 1.82) is 0 Å². The van der Waals surface area contributed by atoms with Crippen molar-refractivity contribution in [2.45, 2.75) is 13.8 Å². The predicted octanol–water partition coefficient (Wildman–Crippen LogP) is 5.01. The summed E-state index contributed by atoms with van der Waals surface area (Å²) in [5.41, 5.74) is 4.18. The molecule has 20 heavy (non-hydrogen) atoms. The van der Waals surface area contributed by atoms with Gasteiger partial charge in [-0.3, -0.25) is 4.79 Å². The number of carbonyl (C=O) groups excluding carboxylic acids is 1. The molecule has 0 spiro atoms. The van der Waals surface area contributed by atoms with Gasteiger partial charge in [-0.05, 0) is 60.3 Å². The number of ether oxygens (including phenoxy) is 1. The Morgan fingerprint density at radius 1 is 1.15 bits per heavy atom. The fourth-order valence-electron chi connectivity index (χ4n) is 2.34. The lowest BCUT2D eigenvalue weighted by atomic mass is 9.94. The molecule has 0 aromatic heterocycles. The predicted molar refractivity (Wildman–Crippen MR) is 83.1 cm³/mol. The Morgan fingerprint density at radius 2 is 1.75 bits per heavy atom. The number of carbonyl (C=O) groups is 1. The van der Waals surface area contributed by atoms with Crippen molar-refractivity contribution in [3.8, 4) is 16.9 Å². The van der Waals surface area contributed by atoms with Crippen molar-refractivity contribution in [1.82, 2.24) is 0 Å². The van der Waals surface area contributed by atoms with Crippen molar-refractivity contribution in [3.63, 3.8) is 0 Å². The lowest BCUT2D eigenvalue weighted by molar-refractivity contribution is 0.108. The minimum atomic E-state index is -0.555. The number of halogens is 2. The maximum atomic E-state index is 11.4. The first kappa shape index (κ1) is 14.9. The summed E-state index contributed by atoms with van der Waals surface area (Å²) < 4.78 is 5.25. The van der Waals surface area contributed by atoms with E-state index in [4.69, 9.17) is 27.9 Å². The van der Waals surface area contributed by atoms with Crippen LogP contribution < -0.4 is 4.74 Å². The molecule has 0 unspecified atom stereocenters. The molecule has 2 rings (SSSR count). The number of rotatable bonds is 3. The monoisotopic (exact) mass is 308 g/mol. The van der Waals surface area contributed by atoms with Gasteiger partial charge in [0.1, 0.15) is 5.75 Å². The first-order valence-corrected chi connectivity index (χ1v) is 6.85. The van der Waals surface area contributed by atoms with Crippen LogP contribution in [0.25, 0.3) is 11.1 Å². The van der Waals surface area contributed by atoms with Crippen LogP contribution in [-0.4, -0.2) is 12.4 Å². The van der Waals surface area contributed by atoms with Gasteiger partial charge in [0.2, 0.25) is 0 Å². The highest BCUT2D eigenvalue weighted by molar-refractivity contribution is 6.69. The van der Waals surface area contributed by atoms with Crippen LogP contribution in [-0.2, 0) is 0 Å². The zero-order chi connectivity index (χ0) is 14.9. The van der Waals surface area contributed by atoms with Gasteiger partial charge in [-0.1, -0.05) is 23.7 Å². The lowest BCUT2D eigenvalue weighted by Crippen LogP contribution is -1.96. The molecule has 4 heteroatoms. The van der Waals surface area contributed by atoms with Crippen LogP contribution in [0, 0.1) is 13.8 Å². The molecule has 2 aromatic rings. The minimum absolute atomic E-state index is 0.320. The Labute approximate surface area is 128 Å². The highest BCUT2D eigenvalue weighted by Gasteiger charge is 2.16. The summed E-state index contributed by atoms with van der Waals surface area (Å²) in [4.78, 5) is 11.4. The Kier molecular flexibility index (Phi) is 4.36. The molecule has 2 aromatic carbocycles. The number of hydrogen-bond donors (Lipinski definition) is 0. The van der Waals surface area contributed by atoms with Crippen molar-refractivity contribution in [3.05, 3.63) is 52.0 Å². The largest absolute Gasteiger partial charge is 0.497 e. The Morgan fingerprint density at radius 3 is 2.25 bits per heavy atom. The van der Waals surface area contributed by atoms with Crippen molar-refractivity contribution in [2.75, 3.05) is 7.11 Å². The van der Waals surface area contributed by atoms with E-state index in [1.807, 2.05) is 32.0 Å². The molecule has 2 nitrogen and oxygen atoms in total. The normalized spacial score (nSPS) is 10.4. The van der Waals surface area contributed by atoms with E-state index in [0.29, 0.717) is 10.6 Å². The van der Waals surface area contributed by atoms with Gasteiger partial charge in [-0.15, -0.1) is 0 Å². The zero-order valence-corrected chi connectivity index (χ0v) is 13.0. The summed E-state index contributed by atoms with van der Waals surface area (Å²) in [7, 11) is 1.63. The first-order valence-electron chi connectivity index (χ1n) is 6.09. The van der Waals surface area contributed by atoms with Gasteiger partial charge in [0.05, 0.1) is 17.7 Å². The number of hydrogen-bond acceptors (Lipinski definition) is 2. The molecule has 0 saturated heterocycles. The topological polar surface area (TPSA) is 26.3 Å². The van der Waals surface area contributed by atoms with E-state index in [9.17, 15) is 4.79 Å². The molecule has 0 fully saturated rings. The Balaban J connectivity index is 2.69. The first-order chi connectivity index (χ1) is 9.45. The maximum Gasteiger partial charge on any atom is 0.253 e. The summed E-state index contributed by atoms with van der Waals surface area (Å²) >= 11 is 11.9. The van der Waals surface area contributed by atoms with Crippen LogP contribution in [0.5, 0.6) is 5.75 Å². The third kappa shape index (κ3) is 2.67. The summed E-state index contributed by atoms with van der Waals surface area (Å²) in [5.74, 6) is 0.796. The van der Waals surface area contributed by atoms with Crippen LogP contribution in [0.3, 0.4) is 0 Å². The summed E-state index contributed by atoms with van der Waals surface area (Å²) in [6.07, 6.45) is 0. The van der Waals surface area contributed by atoms with Crippen LogP contribution in [0.15, 0.2) is 30.3 Å². The van der Waals surface area contributed by atoms with Crippen LogP contribution in [0.4, 0.5) is 0 Å². The number of methoxy groups -OCH3 is 1. The maximum absolute atomic E-state index is 11.4. The summed E-state index contributed by atoms with van der Waals surface area (Å²) in [6, 6.07) is 9.16. The quantitative estimate of drug-likeness (QED) is 0.745. The third-order valence-corrected chi connectivity index (χ3v) is 3.83. The van der Waals surface area contributed by atoms with Crippen LogP contribution in [0.1, 0.15) is 21.5 Å². The van der Waals surface area contributed by atoms with E-state index in [1.165, 1.54) is 0 Å². The van der Waals surface area contributed by atoms with Crippen LogP contribution in [0.2, 0.25) is 5.02 Å². The molecule has 0 aliphatic rings. The second-order valence-corrected chi connectivity index (χ2v) is 5.30. The van der Waals surface area contributed by atoms with E-state index in [2.05, 4.69) is 0 Å². The molecule has 0 heterocycles. The molecular formula is C16H14Cl2O2. The molecule has 0 amide bonds. The molecular weight excluding hydrogens is 295 g/mol. The fraction of sp³-hybridized carbons (Fsp3) is 0.188. The minimum Gasteiger partial charge on any atom is -0.497 e. The van der Waals surface area contributed by atoms with Gasteiger partial charge < -0.3 is 4.74 Å². The Bertz CT molecular complexity index is 655. The summed E-state index contributed by atoms with van der Waals surface area (Å²) in [5, 5.41) is -0.176. The molecule has 0 atom stereocenters. The molecule has 0 saturated carbocycles. The van der Waals surface area contributed by atoms with E-state index < -0.39 is 5.24 Å². The van der Waals surface area contributed by atoms with E-state index in [-0.39, 0.29) is 0 Å². The van der Waals surface area contributed by atoms with Gasteiger partial charge >= 0.3 is 0 Å². The second kappa shape index (κ2) is 5.86. The van der Waals surface area contributed by atoms with Gasteiger partial charge in [0, 0.05) is 5.56 Å². The van der Waals surface area contributed by atoms with Crippen molar-refractivity contribution >= 4 is 28.4 Å². The average molecular weight is 309 g/mol. The highest BCUT2D eigenvalue weighted by atomic mass is 35.5. The number of aryl methyl sites for hydroxylation is 2. The molecule has 0 radical (unpaired) electrons. The number of benzene rings is 2. The van der Waals surface area contributed by atoms with E-state index in [1.54, 1.807) is 19.2 Å². The van der Waals surface area contributed by atoms with Gasteiger partial charge in [-0.25, -0.2) is 0 Å². The molecule has 104 valence electrons. The smallest absolute Gasteiger partial charge is 0.253 e. The molecule has 0 bridgehead atoms. The molecule has 0 aliphatic carbocycles. The standard InChI is InChI=1S/C16H14Cl2O2/c1-9-7-11(20-3)8-10(2)14(9)12-5-4-6-13(15(12)17)16(18)19/h4-8H,1-3H3. The molecule has 0 N–H and O–H groups in total. The Hall–Kier alpha value is -1.51. The SMILES string of the molecule is COc1cc(C)c(-c2cccc(C(=O)Cl)c2Cl)c(C)c1. The van der Waals surface area contributed by atoms with Gasteiger partial charge in [-0.2, -0.15) is 0 Å². The fourth-order valence-corrected chi connectivity index (χ4v) is 2.86. The van der Waals surface area contributed by atoms with Crippen molar-refractivity contribution < 1.29 is 9.53 Å². The third-order valence-electron chi connectivity index (χ3n) is 3.22. The van der Waals surface area contributed by atoms with Gasteiger partial charge in [0.25, 0.3) is 5.24 Å². The summed E-state index contributed by atoms with van der Waals surface area (Å²) in [6.45, 7) is 3.97. The second-order valence-electron chi connectivity index (χ2n) is 4.58. The van der Waals surface area contributed by atoms with Gasteiger partial charge in [0.15, 0.2) is 0 Å². The zero-order valence-electron chi connectivity index (χ0n) is 11.5.